The summed E-state index contributed by atoms with van der Waals surface area (Å²) >= 11 is 6.39. The van der Waals surface area contributed by atoms with Gasteiger partial charge >= 0.3 is 11.9 Å². The van der Waals surface area contributed by atoms with Crippen LogP contribution in [0, 0.1) is 23.2 Å². The molecule has 2 aliphatic heterocycles. The van der Waals surface area contributed by atoms with Crippen molar-refractivity contribution >= 4 is 53.1 Å². The molecule has 1 fully saturated rings. The van der Waals surface area contributed by atoms with E-state index in [1.165, 1.54) is 13.2 Å². The predicted molar refractivity (Wildman–Crippen MR) is 299 cm³/mol. The topological polar surface area (TPSA) is 283 Å². The molecule has 4 rings (SSSR count). The van der Waals surface area contributed by atoms with Crippen LogP contribution < -0.4 is 37.1 Å². The summed E-state index contributed by atoms with van der Waals surface area (Å²) < 4.78 is 44.7. The third-order valence-electron chi connectivity index (χ3n) is 13.6. The van der Waals surface area contributed by atoms with Gasteiger partial charge in [-0.1, -0.05) is 82.6 Å². The Balaban J connectivity index is 1.36. The van der Waals surface area contributed by atoms with Crippen LogP contribution in [-0.2, 0) is 79.7 Å². The number of amides is 5. The van der Waals surface area contributed by atoms with Crippen molar-refractivity contribution in [1.29, 1.82) is 0 Å². The molecule has 0 radical (unpaired) electrons. The van der Waals surface area contributed by atoms with Crippen LogP contribution in [-0.4, -0.2) is 151 Å². The van der Waals surface area contributed by atoms with Crippen molar-refractivity contribution in [2.45, 2.75) is 142 Å². The molecule has 0 spiro atoms. The number of halogens is 1. The number of carbonyl (C=O) groups excluding carboxylic acids is 7. The molecule has 2 aromatic rings. The fraction of sp³-hybridized carbons (Fsp3) is 0.638. The van der Waals surface area contributed by atoms with Gasteiger partial charge in [0.2, 0.25) is 29.5 Å². The third kappa shape index (κ3) is 23.4. The van der Waals surface area contributed by atoms with Gasteiger partial charge < -0.3 is 70.2 Å². The molecule has 5 amide bonds. The molecule has 0 bridgehead atoms. The predicted octanol–water partition coefficient (Wildman–Crippen LogP) is 4.58. The fourth-order valence-electron chi connectivity index (χ4n) is 8.44. The summed E-state index contributed by atoms with van der Waals surface area (Å²) in [7, 11) is 3.10. The smallest absolute Gasteiger partial charge is 0.347 e. The van der Waals surface area contributed by atoms with Gasteiger partial charge in [-0.25, -0.2) is 4.79 Å². The summed E-state index contributed by atoms with van der Waals surface area (Å²) in [5.41, 5.74) is 7.15. The van der Waals surface area contributed by atoms with Gasteiger partial charge in [-0.2, -0.15) is 0 Å². The molecular formula is C58H87ClN6O15. The van der Waals surface area contributed by atoms with Crippen LogP contribution in [0.5, 0.6) is 5.75 Å². The van der Waals surface area contributed by atoms with Gasteiger partial charge in [-0.15, -0.1) is 0 Å². The molecule has 446 valence electrons. The highest BCUT2D eigenvalue weighted by atomic mass is 35.5. The molecule has 21 nitrogen and oxygen atoms in total. The first-order valence-electron chi connectivity index (χ1n) is 27.7. The number of nitrogens with one attached hydrogen (secondary N) is 5. The average Bonchev–Trinajstić information content (AvgIpc) is 4.24. The number of unbranched alkanes of at least 4 members (excludes halogenated alkanes) is 1. The number of nitrogens with two attached hydrogens (primary N) is 1. The second-order valence-corrected chi connectivity index (χ2v) is 22.0. The molecule has 8 atom stereocenters. The summed E-state index contributed by atoms with van der Waals surface area (Å²) in [6, 6.07) is 9.84. The molecule has 80 heavy (non-hydrogen) atoms. The number of cyclic esters (lactones) is 2. The number of methoxy groups -OCH3 is 2. The summed E-state index contributed by atoms with van der Waals surface area (Å²) in [6.07, 6.45) is 1.99. The monoisotopic (exact) mass is 1140 g/mol. The number of carbonyl (C=O) groups is 7. The van der Waals surface area contributed by atoms with Crippen molar-refractivity contribution in [3.8, 4) is 5.75 Å². The lowest BCUT2D eigenvalue weighted by Gasteiger charge is -2.29. The number of rotatable bonds is 31. The van der Waals surface area contributed by atoms with E-state index >= 15 is 0 Å². The van der Waals surface area contributed by atoms with Crippen molar-refractivity contribution < 1.29 is 71.5 Å². The Morgan fingerprint density at radius 3 is 2.14 bits per heavy atom. The molecule has 2 aliphatic rings. The first-order chi connectivity index (χ1) is 38.1. The van der Waals surface area contributed by atoms with Crippen LogP contribution in [0.2, 0.25) is 5.02 Å². The van der Waals surface area contributed by atoms with Crippen LogP contribution in [0.4, 0.5) is 0 Å². The maximum atomic E-state index is 14.0. The highest BCUT2D eigenvalue weighted by Gasteiger charge is 2.48. The molecule has 22 heteroatoms. The number of epoxide rings is 1. The van der Waals surface area contributed by atoms with E-state index in [1.807, 2.05) is 58.9 Å². The third-order valence-corrected chi connectivity index (χ3v) is 13.9. The molecule has 2 aromatic carbocycles. The van der Waals surface area contributed by atoms with Gasteiger partial charge in [-0.05, 0) is 86.3 Å². The summed E-state index contributed by atoms with van der Waals surface area (Å²) in [5, 5.41) is 14.5. The molecule has 0 unspecified atom stereocenters. The standard InChI is InChI=1S/C58H87ClN6O15/c1-36(2)31-47-56(71)78-45(14-12-15-49(67)64-44(33-40-18-21-46(74-9)42(59)32-40)54(69)63-35-58(6,7)57(72)79-47)38(5)51-52(80-51)41-19-16-39(17-20-41)34-62-53(68)43(65-55(70)50(60)37(3)4)13-10-11-23-61-48(66)22-24-75-27-28-77-30-29-76-26-25-73-8/h12,15-21,32,36-38,43-45,47,50-52H,10-11,13-14,22-31,33-35,60H2,1-9H3,(H,61,66)(H,62,68)(H,63,69)(H,64,67)(H,65,70)/b15-12-/t38-,43-,44+,45-,47-,50-,51+,52+/m0/s1. The largest absolute Gasteiger partial charge is 0.495 e. The van der Waals surface area contributed by atoms with E-state index < -0.39 is 77.4 Å². The lowest BCUT2D eigenvalue weighted by Crippen LogP contribution is -2.52. The van der Waals surface area contributed by atoms with Crippen LogP contribution in [0.1, 0.15) is 110 Å². The zero-order valence-electron chi connectivity index (χ0n) is 48.1. The molecule has 1 saturated heterocycles. The second kappa shape index (κ2) is 34.6. The molecule has 2 heterocycles. The van der Waals surface area contributed by atoms with Gasteiger partial charge in [0, 0.05) is 51.9 Å². The van der Waals surface area contributed by atoms with E-state index in [4.69, 9.17) is 55.2 Å². The summed E-state index contributed by atoms with van der Waals surface area (Å²) in [5.74, 6) is -3.70. The summed E-state index contributed by atoms with van der Waals surface area (Å²) in [4.78, 5) is 93.9. The summed E-state index contributed by atoms with van der Waals surface area (Å²) in [6.45, 7) is 15.8. The molecule has 7 N–H and O–H groups in total. The lowest BCUT2D eigenvalue weighted by molar-refractivity contribution is -0.179. The molecular weight excluding hydrogens is 1060 g/mol. The van der Waals surface area contributed by atoms with Gasteiger partial charge in [0.05, 0.1) is 75.9 Å². The normalized spacial score (nSPS) is 21.3. The van der Waals surface area contributed by atoms with Crippen molar-refractivity contribution in [1.82, 2.24) is 26.6 Å². The second-order valence-electron chi connectivity index (χ2n) is 21.6. The van der Waals surface area contributed by atoms with Crippen molar-refractivity contribution in [2.75, 3.05) is 73.6 Å². The van der Waals surface area contributed by atoms with Crippen molar-refractivity contribution in [3.63, 3.8) is 0 Å². The molecule has 0 aromatic heterocycles. The zero-order valence-corrected chi connectivity index (χ0v) is 48.8. The number of benzene rings is 2. The lowest BCUT2D eigenvalue weighted by atomic mass is 9.92. The Labute approximate surface area is 476 Å². The quantitative estimate of drug-likeness (QED) is 0.0342. The maximum absolute atomic E-state index is 14.0. The van der Waals surface area contributed by atoms with Gasteiger partial charge in [0.1, 0.15) is 30.0 Å². The first-order valence-corrected chi connectivity index (χ1v) is 28.1. The zero-order chi connectivity index (χ0) is 58.8. The van der Waals surface area contributed by atoms with Crippen LogP contribution in [0.3, 0.4) is 0 Å². The number of esters is 2. The minimum atomic E-state index is -1.27. The van der Waals surface area contributed by atoms with Gasteiger partial charge in [0.25, 0.3) is 0 Å². The van der Waals surface area contributed by atoms with E-state index in [-0.39, 0.29) is 75.1 Å². The fourth-order valence-corrected chi connectivity index (χ4v) is 8.72. The minimum Gasteiger partial charge on any atom is -0.495 e. The minimum absolute atomic E-state index is 0.0561. The highest BCUT2D eigenvalue weighted by molar-refractivity contribution is 6.32. The van der Waals surface area contributed by atoms with Crippen LogP contribution >= 0.6 is 11.6 Å². The molecule has 0 aliphatic carbocycles. The van der Waals surface area contributed by atoms with E-state index in [0.29, 0.717) is 81.8 Å². The highest BCUT2D eigenvalue weighted by Crippen LogP contribution is 2.45. The Morgan fingerprint density at radius 2 is 1.50 bits per heavy atom. The van der Waals surface area contributed by atoms with E-state index in [1.54, 1.807) is 45.2 Å². The van der Waals surface area contributed by atoms with E-state index in [0.717, 1.165) is 11.1 Å². The number of hydrogen-bond donors (Lipinski definition) is 6. The Bertz CT molecular complexity index is 2330. The van der Waals surface area contributed by atoms with Crippen molar-refractivity contribution in [3.05, 3.63) is 76.3 Å². The van der Waals surface area contributed by atoms with E-state index in [2.05, 4.69) is 26.6 Å². The first kappa shape index (κ1) is 66.8. The Hall–Kier alpha value is -5.68. The average molecular weight is 1140 g/mol. The van der Waals surface area contributed by atoms with Crippen molar-refractivity contribution in [2.24, 2.45) is 28.9 Å². The van der Waals surface area contributed by atoms with E-state index in [9.17, 15) is 33.6 Å². The number of hydrogen-bond acceptors (Lipinski definition) is 16. The maximum Gasteiger partial charge on any atom is 0.347 e. The molecule has 0 saturated carbocycles. The SMILES string of the molecule is COCCOCCOCCOCCC(=O)NCCCC[C@H](NC(=O)[C@@H](N)C(C)C)C(=O)NCc1ccc([C@H]2O[C@@H]2[C@@H](C)[C@@H]2C/C=C\C(=O)N[C@H](Cc3ccc(OC)c(Cl)c3)C(=O)NCC(C)(C)C(=O)O[C@@H](CC(C)C)C(=O)O2)cc1. The van der Waals surface area contributed by atoms with Crippen LogP contribution in [0.25, 0.3) is 0 Å². The Kier molecular flexibility index (Phi) is 28.9. The van der Waals surface area contributed by atoms with Crippen LogP contribution in [0.15, 0.2) is 54.6 Å². The number of ether oxygens (including phenoxy) is 8. The Morgan fingerprint density at radius 1 is 0.838 bits per heavy atom. The van der Waals surface area contributed by atoms with Gasteiger partial charge in [-0.3, -0.25) is 28.8 Å². The van der Waals surface area contributed by atoms with Gasteiger partial charge in [0.15, 0.2) is 6.10 Å².